The molecule has 9 heteroatoms. The lowest BCUT2D eigenvalue weighted by Crippen LogP contribution is -2.31. The normalized spacial score (nSPS) is 11.9. The summed E-state index contributed by atoms with van der Waals surface area (Å²) in [7, 11) is 3.36. The highest BCUT2D eigenvalue weighted by Gasteiger charge is 2.21. The third kappa shape index (κ3) is 5.57. The Morgan fingerprint density at radius 3 is 2.54 bits per heavy atom. The smallest absolute Gasteiger partial charge is 0.347 e. The number of anilines is 1. The maximum absolute atomic E-state index is 12.2. The molecule has 0 saturated heterocycles. The van der Waals surface area contributed by atoms with Crippen LogP contribution in [0.15, 0.2) is 29.4 Å². The molecule has 0 radical (unpaired) electrons. The number of carbonyl (C=O) groups excluding carboxylic acids is 2. The second-order valence-corrected chi connectivity index (χ2v) is 6.07. The maximum atomic E-state index is 12.2. The molecule has 1 heterocycles. The number of hydrogen-bond donors (Lipinski definition) is 1. The lowest BCUT2D eigenvalue weighted by atomic mass is 10.2. The van der Waals surface area contributed by atoms with Crippen molar-refractivity contribution in [1.82, 2.24) is 9.78 Å². The average molecular weight is 388 g/mol. The summed E-state index contributed by atoms with van der Waals surface area (Å²) in [5.74, 6) is -0.422. The zero-order valence-electron chi connectivity index (χ0n) is 16.6. The van der Waals surface area contributed by atoms with E-state index < -0.39 is 24.6 Å². The number of nitrogens with zero attached hydrogens (tertiary/aromatic N) is 3. The molecule has 9 nitrogen and oxygen atoms in total. The first-order chi connectivity index (χ1) is 13.3. The summed E-state index contributed by atoms with van der Waals surface area (Å²) in [6.45, 7) is 4.69. The molecule has 0 spiro atoms. The van der Waals surface area contributed by atoms with Gasteiger partial charge in [-0.3, -0.25) is 9.48 Å². The van der Waals surface area contributed by atoms with Gasteiger partial charge in [0.2, 0.25) is 6.61 Å². The molecule has 0 unspecified atom stereocenters. The molecule has 0 aliphatic heterocycles. The summed E-state index contributed by atoms with van der Waals surface area (Å²) >= 11 is 0. The lowest BCUT2D eigenvalue weighted by Gasteiger charge is -2.13. The number of benzene rings is 1. The Morgan fingerprint density at radius 1 is 1.29 bits per heavy atom. The Morgan fingerprint density at radius 2 is 1.96 bits per heavy atom. The van der Waals surface area contributed by atoms with Crippen molar-refractivity contribution >= 4 is 23.8 Å². The molecule has 1 N–H and O–H groups in total. The van der Waals surface area contributed by atoms with Crippen LogP contribution in [0.5, 0.6) is 5.75 Å². The van der Waals surface area contributed by atoms with Crippen LogP contribution < -0.4 is 10.1 Å². The second kappa shape index (κ2) is 9.54. The van der Waals surface area contributed by atoms with Gasteiger partial charge in [0, 0.05) is 7.05 Å². The minimum absolute atomic E-state index is 0.408. The summed E-state index contributed by atoms with van der Waals surface area (Å²) in [6.07, 6.45) is 0.470. The van der Waals surface area contributed by atoms with E-state index in [2.05, 4.69) is 15.6 Å². The predicted octanol–water partition coefficient (Wildman–Crippen LogP) is 1.97. The highest BCUT2D eigenvalue weighted by Crippen LogP contribution is 2.18. The summed E-state index contributed by atoms with van der Waals surface area (Å²) in [6, 6.07) is 7.14. The molecule has 0 aliphatic rings. The first-order valence-electron chi connectivity index (χ1n) is 8.61. The average Bonchev–Trinajstić information content (AvgIpc) is 2.91. The molecule has 0 bridgehead atoms. The van der Waals surface area contributed by atoms with Gasteiger partial charge in [0.15, 0.2) is 6.10 Å². The number of oxime groups is 1. The van der Waals surface area contributed by atoms with Crippen molar-refractivity contribution in [3.05, 3.63) is 41.2 Å². The molecule has 28 heavy (non-hydrogen) atoms. The number of hydrogen-bond acceptors (Lipinski definition) is 7. The molecule has 1 aromatic heterocycles. The first-order valence-corrected chi connectivity index (χ1v) is 8.61. The van der Waals surface area contributed by atoms with Gasteiger partial charge < -0.3 is 19.6 Å². The molecule has 2 rings (SSSR count). The third-order valence-corrected chi connectivity index (χ3v) is 4.01. The summed E-state index contributed by atoms with van der Waals surface area (Å²) < 4.78 is 11.8. The van der Waals surface area contributed by atoms with Gasteiger partial charge in [-0.25, -0.2) is 4.79 Å². The zero-order valence-corrected chi connectivity index (χ0v) is 16.6. The van der Waals surface area contributed by atoms with E-state index in [1.54, 1.807) is 50.0 Å². The summed E-state index contributed by atoms with van der Waals surface area (Å²) in [4.78, 5) is 28.9. The van der Waals surface area contributed by atoms with Crippen molar-refractivity contribution < 1.29 is 23.9 Å². The van der Waals surface area contributed by atoms with Gasteiger partial charge >= 0.3 is 5.97 Å². The Bertz CT molecular complexity index is 858. The second-order valence-electron chi connectivity index (χ2n) is 6.07. The minimum atomic E-state index is -0.985. The molecule has 1 atom stereocenters. The van der Waals surface area contributed by atoms with Gasteiger partial charge in [0.05, 0.1) is 30.4 Å². The van der Waals surface area contributed by atoms with E-state index in [0.29, 0.717) is 11.4 Å². The maximum Gasteiger partial charge on any atom is 0.347 e. The molecule has 2 aromatic rings. The highest BCUT2D eigenvalue weighted by atomic mass is 16.7. The van der Waals surface area contributed by atoms with Crippen molar-refractivity contribution in [2.75, 3.05) is 19.0 Å². The molecular formula is C19H24N4O5. The SMILES string of the molecule is COc1ccc(/C=N\OCC(=O)O[C@H](C)C(=O)Nc2c(C)nn(C)c2C)cc1. The van der Waals surface area contributed by atoms with E-state index in [0.717, 1.165) is 17.0 Å². The Labute approximate surface area is 163 Å². The van der Waals surface area contributed by atoms with Crippen LogP contribution in [0.2, 0.25) is 0 Å². The van der Waals surface area contributed by atoms with Gasteiger partial charge in [-0.05, 0) is 50.6 Å². The molecule has 150 valence electrons. The first kappa shape index (κ1) is 20.9. The van der Waals surface area contributed by atoms with E-state index in [1.807, 2.05) is 6.92 Å². The number of aromatic nitrogens is 2. The van der Waals surface area contributed by atoms with E-state index in [9.17, 15) is 9.59 Å². The van der Waals surface area contributed by atoms with Crippen molar-refractivity contribution in [2.45, 2.75) is 26.9 Å². The number of rotatable bonds is 8. The largest absolute Gasteiger partial charge is 0.497 e. The number of nitrogens with one attached hydrogen (secondary N) is 1. The van der Waals surface area contributed by atoms with Gasteiger partial charge in [-0.1, -0.05) is 5.16 Å². The fourth-order valence-corrected chi connectivity index (χ4v) is 2.34. The third-order valence-electron chi connectivity index (χ3n) is 4.01. The molecule has 0 fully saturated rings. The molecule has 1 amide bonds. The monoisotopic (exact) mass is 388 g/mol. The zero-order chi connectivity index (χ0) is 20.7. The van der Waals surface area contributed by atoms with Crippen LogP contribution in [-0.2, 0) is 26.2 Å². The quantitative estimate of drug-likeness (QED) is 0.421. The van der Waals surface area contributed by atoms with Crippen molar-refractivity contribution in [3.63, 3.8) is 0 Å². The summed E-state index contributed by atoms with van der Waals surface area (Å²) in [5.41, 5.74) is 2.88. The van der Waals surface area contributed by atoms with Crippen LogP contribution in [0.3, 0.4) is 0 Å². The fraction of sp³-hybridized carbons (Fsp3) is 0.368. The molecule has 0 saturated carbocycles. The van der Waals surface area contributed by atoms with Crippen LogP contribution in [0.1, 0.15) is 23.9 Å². The van der Waals surface area contributed by atoms with Crippen LogP contribution >= 0.6 is 0 Å². The number of ether oxygens (including phenoxy) is 2. The van der Waals surface area contributed by atoms with Crippen molar-refractivity contribution in [3.8, 4) is 5.75 Å². The molecular weight excluding hydrogens is 364 g/mol. The van der Waals surface area contributed by atoms with Crippen LogP contribution in [-0.4, -0.2) is 47.7 Å². The van der Waals surface area contributed by atoms with Crippen molar-refractivity contribution in [2.24, 2.45) is 12.2 Å². The molecule has 1 aromatic carbocycles. The van der Waals surface area contributed by atoms with E-state index in [4.69, 9.17) is 14.3 Å². The summed E-state index contributed by atoms with van der Waals surface area (Å²) in [5, 5.41) is 10.6. The fourth-order valence-electron chi connectivity index (χ4n) is 2.34. The van der Waals surface area contributed by atoms with Crippen LogP contribution in [0.25, 0.3) is 0 Å². The predicted molar refractivity (Wildman–Crippen MR) is 103 cm³/mol. The number of carbonyl (C=O) groups is 2. The Hall–Kier alpha value is -3.36. The van der Waals surface area contributed by atoms with E-state index in [1.165, 1.54) is 13.1 Å². The Balaban J connectivity index is 1.78. The van der Waals surface area contributed by atoms with Crippen LogP contribution in [0.4, 0.5) is 5.69 Å². The van der Waals surface area contributed by atoms with Gasteiger partial charge in [-0.15, -0.1) is 0 Å². The van der Waals surface area contributed by atoms with E-state index in [-0.39, 0.29) is 0 Å². The molecule has 0 aliphatic carbocycles. The van der Waals surface area contributed by atoms with Gasteiger partial charge in [0.25, 0.3) is 5.91 Å². The van der Waals surface area contributed by atoms with Crippen LogP contribution in [0, 0.1) is 13.8 Å². The van der Waals surface area contributed by atoms with Gasteiger partial charge in [-0.2, -0.15) is 5.10 Å². The van der Waals surface area contributed by atoms with Gasteiger partial charge in [0.1, 0.15) is 5.75 Å². The standard InChI is InChI=1S/C19H24N4O5/c1-12-18(13(2)23(4)22-12)21-19(25)14(3)28-17(24)11-27-20-10-15-6-8-16(26-5)9-7-15/h6-10,14H,11H2,1-5H3,(H,21,25)/b20-10-/t14-/m1/s1. The Kier molecular flexibility index (Phi) is 7.14. The number of methoxy groups -OCH3 is 1. The lowest BCUT2D eigenvalue weighted by molar-refractivity contribution is -0.157. The van der Waals surface area contributed by atoms with E-state index >= 15 is 0 Å². The minimum Gasteiger partial charge on any atom is -0.497 e. The number of esters is 1. The topological polar surface area (TPSA) is 104 Å². The number of aryl methyl sites for hydroxylation is 2. The van der Waals surface area contributed by atoms with Crippen molar-refractivity contribution in [1.29, 1.82) is 0 Å². The highest BCUT2D eigenvalue weighted by molar-refractivity contribution is 5.96. The number of amides is 1.